The highest BCUT2D eigenvalue weighted by atomic mass is 32.1. The van der Waals surface area contributed by atoms with Crippen LogP contribution in [0.25, 0.3) is 0 Å². The molecule has 0 spiro atoms. The fraction of sp³-hybridized carbons (Fsp3) is 0.538. The Labute approximate surface area is 112 Å². The van der Waals surface area contributed by atoms with Crippen LogP contribution in [-0.4, -0.2) is 14.8 Å². The van der Waals surface area contributed by atoms with Crippen LogP contribution < -0.4 is 5.32 Å². The van der Waals surface area contributed by atoms with Gasteiger partial charge in [0.1, 0.15) is 5.01 Å². The van der Waals surface area contributed by atoms with Gasteiger partial charge in [-0.15, -0.1) is 11.3 Å². The summed E-state index contributed by atoms with van der Waals surface area (Å²) in [6.07, 6.45) is 2.91. The predicted octanol–water partition coefficient (Wildman–Crippen LogP) is 2.60. The molecule has 0 aliphatic rings. The maximum atomic E-state index is 4.45. The smallest absolute Gasteiger partial charge is 0.109 e. The third kappa shape index (κ3) is 2.97. The molecule has 0 saturated heterocycles. The van der Waals surface area contributed by atoms with Gasteiger partial charge in [0, 0.05) is 24.7 Å². The highest BCUT2D eigenvalue weighted by molar-refractivity contribution is 7.11. The summed E-state index contributed by atoms with van der Waals surface area (Å²) in [6.45, 7) is 7.18. The van der Waals surface area contributed by atoms with E-state index in [4.69, 9.17) is 0 Å². The minimum Gasteiger partial charge on any atom is -0.302 e. The van der Waals surface area contributed by atoms with Crippen molar-refractivity contribution in [2.24, 2.45) is 7.05 Å². The number of aryl methyl sites for hydroxylation is 3. The SMILES string of the molecule is CCc1cc(CNC(C)c2ncc(C)s2)n(C)n1. The topological polar surface area (TPSA) is 42.7 Å². The van der Waals surface area contributed by atoms with E-state index in [1.165, 1.54) is 10.6 Å². The molecular weight excluding hydrogens is 244 g/mol. The molecule has 18 heavy (non-hydrogen) atoms. The molecular formula is C13H20N4S. The lowest BCUT2D eigenvalue weighted by Crippen LogP contribution is -2.19. The maximum Gasteiger partial charge on any atom is 0.109 e. The second-order valence-electron chi connectivity index (χ2n) is 4.52. The van der Waals surface area contributed by atoms with Crippen molar-refractivity contribution in [1.82, 2.24) is 20.1 Å². The maximum absolute atomic E-state index is 4.45. The first-order valence-electron chi connectivity index (χ1n) is 6.27. The van der Waals surface area contributed by atoms with Gasteiger partial charge in [-0.05, 0) is 26.3 Å². The van der Waals surface area contributed by atoms with E-state index in [-0.39, 0.29) is 6.04 Å². The molecule has 4 nitrogen and oxygen atoms in total. The van der Waals surface area contributed by atoms with Crippen LogP contribution in [0.2, 0.25) is 0 Å². The lowest BCUT2D eigenvalue weighted by atomic mass is 10.3. The number of nitrogens with zero attached hydrogens (tertiary/aromatic N) is 3. The van der Waals surface area contributed by atoms with E-state index < -0.39 is 0 Å². The fourth-order valence-corrected chi connectivity index (χ4v) is 2.63. The lowest BCUT2D eigenvalue weighted by molar-refractivity contribution is 0.545. The monoisotopic (exact) mass is 264 g/mol. The van der Waals surface area contributed by atoms with Crippen molar-refractivity contribution in [3.63, 3.8) is 0 Å². The van der Waals surface area contributed by atoms with E-state index in [1.807, 2.05) is 17.9 Å². The van der Waals surface area contributed by atoms with Gasteiger partial charge in [-0.3, -0.25) is 4.68 Å². The third-order valence-electron chi connectivity index (χ3n) is 2.99. The Bertz CT molecular complexity index is 515. The first kappa shape index (κ1) is 13.2. The Morgan fingerprint density at radius 3 is 2.83 bits per heavy atom. The van der Waals surface area contributed by atoms with Crippen LogP contribution in [0.4, 0.5) is 0 Å². The molecule has 0 fully saturated rings. The Balaban J connectivity index is 1.96. The second kappa shape index (κ2) is 5.63. The van der Waals surface area contributed by atoms with Crippen molar-refractivity contribution in [2.75, 3.05) is 0 Å². The van der Waals surface area contributed by atoms with Crippen molar-refractivity contribution in [2.45, 2.75) is 39.8 Å². The van der Waals surface area contributed by atoms with Gasteiger partial charge in [0.2, 0.25) is 0 Å². The number of aromatic nitrogens is 3. The largest absolute Gasteiger partial charge is 0.302 e. The molecule has 0 radical (unpaired) electrons. The molecule has 0 bridgehead atoms. The zero-order chi connectivity index (χ0) is 13.1. The molecule has 0 aromatic carbocycles. The second-order valence-corrected chi connectivity index (χ2v) is 5.78. The molecule has 5 heteroatoms. The molecule has 1 atom stereocenters. The van der Waals surface area contributed by atoms with Gasteiger partial charge in [0.15, 0.2) is 0 Å². The number of rotatable bonds is 5. The minimum absolute atomic E-state index is 0.281. The third-order valence-corrected chi connectivity index (χ3v) is 4.08. The first-order valence-corrected chi connectivity index (χ1v) is 7.09. The van der Waals surface area contributed by atoms with E-state index in [1.54, 1.807) is 11.3 Å². The summed E-state index contributed by atoms with van der Waals surface area (Å²) in [7, 11) is 1.99. The average Bonchev–Trinajstić information content (AvgIpc) is 2.92. The first-order chi connectivity index (χ1) is 8.60. The fourth-order valence-electron chi connectivity index (χ4n) is 1.83. The van der Waals surface area contributed by atoms with Gasteiger partial charge >= 0.3 is 0 Å². The van der Waals surface area contributed by atoms with Crippen molar-refractivity contribution >= 4 is 11.3 Å². The van der Waals surface area contributed by atoms with E-state index in [0.29, 0.717) is 0 Å². The Morgan fingerprint density at radius 1 is 1.50 bits per heavy atom. The predicted molar refractivity (Wildman–Crippen MR) is 74.7 cm³/mol. The highest BCUT2D eigenvalue weighted by Gasteiger charge is 2.10. The summed E-state index contributed by atoms with van der Waals surface area (Å²) in [4.78, 5) is 5.66. The van der Waals surface area contributed by atoms with Crippen LogP contribution in [0.5, 0.6) is 0 Å². The number of nitrogens with one attached hydrogen (secondary N) is 1. The Morgan fingerprint density at radius 2 is 2.28 bits per heavy atom. The molecule has 0 amide bonds. The van der Waals surface area contributed by atoms with E-state index in [0.717, 1.165) is 23.7 Å². The summed E-state index contributed by atoms with van der Waals surface area (Å²) in [6, 6.07) is 2.44. The van der Waals surface area contributed by atoms with Crippen LogP contribution >= 0.6 is 11.3 Å². The van der Waals surface area contributed by atoms with Crippen LogP contribution in [-0.2, 0) is 20.0 Å². The molecule has 2 heterocycles. The van der Waals surface area contributed by atoms with Gasteiger partial charge in [-0.2, -0.15) is 5.10 Å². The summed E-state index contributed by atoms with van der Waals surface area (Å²) < 4.78 is 1.95. The number of hydrogen-bond donors (Lipinski definition) is 1. The summed E-state index contributed by atoms with van der Waals surface area (Å²) in [5, 5.41) is 9.09. The van der Waals surface area contributed by atoms with Crippen molar-refractivity contribution in [3.8, 4) is 0 Å². The van der Waals surface area contributed by atoms with Gasteiger partial charge < -0.3 is 5.32 Å². The van der Waals surface area contributed by atoms with Crippen molar-refractivity contribution in [1.29, 1.82) is 0 Å². The van der Waals surface area contributed by atoms with Crippen molar-refractivity contribution in [3.05, 3.63) is 33.5 Å². The normalized spacial score (nSPS) is 12.9. The minimum atomic E-state index is 0.281. The van der Waals surface area contributed by atoms with Gasteiger partial charge in [-0.25, -0.2) is 4.98 Å². The Hall–Kier alpha value is -1.20. The van der Waals surface area contributed by atoms with E-state index in [9.17, 15) is 0 Å². The average molecular weight is 264 g/mol. The van der Waals surface area contributed by atoms with Crippen LogP contribution in [0, 0.1) is 6.92 Å². The summed E-state index contributed by atoms with van der Waals surface area (Å²) in [5.74, 6) is 0. The van der Waals surface area contributed by atoms with Crippen LogP contribution in [0.1, 0.15) is 41.2 Å². The van der Waals surface area contributed by atoms with Crippen LogP contribution in [0.15, 0.2) is 12.3 Å². The van der Waals surface area contributed by atoms with E-state index >= 15 is 0 Å². The number of thiazole rings is 1. The highest BCUT2D eigenvalue weighted by Crippen LogP contribution is 2.19. The summed E-state index contributed by atoms with van der Waals surface area (Å²) >= 11 is 1.75. The molecule has 1 unspecified atom stereocenters. The Kier molecular flexibility index (Phi) is 4.14. The van der Waals surface area contributed by atoms with E-state index in [2.05, 4.69) is 42.2 Å². The quantitative estimate of drug-likeness (QED) is 0.902. The molecule has 98 valence electrons. The van der Waals surface area contributed by atoms with Gasteiger partial charge in [0.05, 0.1) is 17.4 Å². The summed E-state index contributed by atoms with van der Waals surface area (Å²) in [5.41, 5.74) is 2.36. The molecule has 2 aromatic rings. The molecule has 0 saturated carbocycles. The molecule has 0 aliphatic carbocycles. The zero-order valence-corrected chi connectivity index (χ0v) is 12.2. The molecule has 2 rings (SSSR count). The lowest BCUT2D eigenvalue weighted by Gasteiger charge is -2.10. The standard InChI is InChI=1S/C13H20N4S/c1-5-11-6-12(17(4)16-11)8-14-10(3)13-15-7-9(2)18-13/h6-7,10,14H,5,8H2,1-4H3. The molecule has 2 aromatic heterocycles. The number of hydrogen-bond acceptors (Lipinski definition) is 4. The van der Waals surface area contributed by atoms with Gasteiger partial charge in [0.25, 0.3) is 0 Å². The van der Waals surface area contributed by atoms with Gasteiger partial charge in [-0.1, -0.05) is 6.92 Å². The molecule has 1 N–H and O–H groups in total. The molecule has 0 aliphatic heterocycles. The van der Waals surface area contributed by atoms with Crippen LogP contribution in [0.3, 0.4) is 0 Å². The zero-order valence-electron chi connectivity index (χ0n) is 11.4. The van der Waals surface area contributed by atoms with Crippen molar-refractivity contribution < 1.29 is 0 Å².